The number of rotatable bonds is 6. The molecule has 1 heterocycles. The summed E-state index contributed by atoms with van der Waals surface area (Å²) in [5.41, 5.74) is 3.88. The zero-order valence-corrected chi connectivity index (χ0v) is 17.3. The maximum Gasteiger partial charge on any atom is 0.339 e. The fourth-order valence-corrected chi connectivity index (χ4v) is 3.62. The number of hydrogen-bond donors (Lipinski definition) is 2. The second kappa shape index (κ2) is 8.32. The number of carbonyl (C=O) groups excluding carboxylic acids is 1. The van der Waals surface area contributed by atoms with E-state index in [0.717, 1.165) is 17.0 Å². The quantitative estimate of drug-likeness (QED) is 0.642. The number of nitrogens with zero attached hydrogens (tertiary/aromatic N) is 2. The highest BCUT2D eigenvalue weighted by Gasteiger charge is 2.20. The Labute approximate surface area is 174 Å². The van der Waals surface area contributed by atoms with E-state index in [0.29, 0.717) is 23.7 Å². The normalized spacial score (nSPS) is 10.7. The SMILES string of the molecule is COc1ccccc1N(Cc1cc(C)n(-c2ccc(C(=O)O)c(O)c2)c1C)C(C)=O. The van der Waals surface area contributed by atoms with E-state index in [4.69, 9.17) is 9.84 Å². The number of methoxy groups -OCH3 is 1. The summed E-state index contributed by atoms with van der Waals surface area (Å²) in [6.45, 7) is 5.69. The van der Waals surface area contributed by atoms with Crippen molar-refractivity contribution in [2.24, 2.45) is 0 Å². The molecule has 0 fully saturated rings. The summed E-state index contributed by atoms with van der Waals surface area (Å²) in [4.78, 5) is 25.2. The second-order valence-electron chi connectivity index (χ2n) is 7.02. The number of para-hydroxylation sites is 2. The Morgan fingerprint density at radius 3 is 2.40 bits per heavy atom. The van der Waals surface area contributed by atoms with Gasteiger partial charge >= 0.3 is 5.97 Å². The van der Waals surface area contributed by atoms with Crippen LogP contribution in [0.5, 0.6) is 11.5 Å². The molecular weight excluding hydrogens is 384 g/mol. The summed E-state index contributed by atoms with van der Waals surface area (Å²) in [6, 6.07) is 13.8. The molecule has 156 valence electrons. The molecule has 7 heteroatoms. The number of aryl methyl sites for hydroxylation is 1. The maximum atomic E-state index is 12.4. The van der Waals surface area contributed by atoms with Gasteiger partial charge in [-0.05, 0) is 49.7 Å². The molecule has 0 atom stereocenters. The molecule has 30 heavy (non-hydrogen) atoms. The van der Waals surface area contributed by atoms with Crippen LogP contribution in [0.1, 0.15) is 34.2 Å². The summed E-state index contributed by atoms with van der Waals surface area (Å²) in [7, 11) is 1.57. The topological polar surface area (TPSA) is 92.0 Å². The highest BCUT2D eigenvalue weighted by atomic mass is 16.5. The molecule has 0 saturated heterocycles. The first-order chi connectivity index (χ1) is 14.2. The van der Waals surface area contributed by atoms with E-state index < -0.39 is 5.97 Å². The summed E-state index contributed by atoms with van der Waals surface area (Å²) >= 11 is 0. The number of carboxylic acid groups (broad SMARTS) is 1. The van der Waals surface area contributed by atoms with Crippen molar-refractivity contribution in [1.29, 1.82) is 0 Å². The van der Waals surface area contributed by atoms with Crippen molar-refractivity contribution in [3.05, 3.63) is 71.0 Å². The Morgan fingerprint density at radius 2 is 1.80 bits per heavy atom. The molecule has 3 rings (SSSR count). The zero-order chi connectivity index (χ0) is 22.0. The number of carbonyl (C=O) groups is 2. The summed E-state index contributed by atoms with van der Waals surface area (Å²) < 4.78 is 7.33. The van der Waals surface area contributed by atoms with Gasteiger partial charge in [-0.1, -0.05) is 12.1 Å². The molecule has 1 aromatic heterocycles. The largest absolute Gasteiger partial charge is 0.507 e. The van der Waals surface area contributed by atoms with Crippen LogP contribution in [-0.4, -0.2) is 33.8 Å². The van der Waals surface area contributed by atoms with Gasteiger partial charge in [0.1, 0.15) is 17.1 Å². The third kappa shape index (κ3) is 3.87. The predicted octanol–water partition coefficient (Wildman–Crippen LogP) is 4.06. The van der Waals surface area contributed by atoms with Gasteiger partial charge in [0.15, 0.2) is 0 Å². The Morgan fingerprint density at radius 1 is 1.10 bits per heavy atom. The lowest BCUT2D eigenvalue weighted by Gasteiger charge is -2.23. The van der Waals surface area contributed by atoms with Crippen LogP contribution in [0.25, 0.3) is 5.69 Å². The fraction of sp³-hybridized carbons (Fsp3) is 0.217. The van der Waals surface area contributed by atoms with Crippen LogP contribution in [0.2, 0.25) is 0 Å². The molecule has 0 aliphatic heterocycles. The third-order valence-electron chi connectivity index (χ3n) is 5.09. The zero-order valence-electron chi connectivity index (χ0n) is 17.3. The highest BCUT2D eigenvalue weighted by molar-refractivity contribution is 5.93. The van der Waals surface area contributed by atoms with Gasteiger partial charge in [0.25, 0.3) is 0 Å². The first-order valence-corrected chi connectivity index (χ1v) is 9.40. The molecule has 1 amide bonds. The van der Waals surface area contributed by atoms with E-state index >= 15 is 0 Å². The molecule has 0 spiro atoms. The molecule has 0 unspecified atom stereocenters. The molecule has 0 aliphatic rings. The first-order valence-electron chi connectivity index (χ1n) is 9.40. The number of aromatic carboxylic acids is 1. The van der Waals surface area contributed by atoms with Gasteiger partial charge < -0.3 is 24.4 Å². The highest BCUT2D eigenvalue weighted by Crippen LogP contribution is 2.31. The molecule has 0 radical (unpaired) electrons. The average molecular weight is 408 g/mol. The van der Waals surface area contributed by atoms with Gasteiger partial charge in [-0.25, -0.2) is 4.79 Å². The van der Waals surface area contributed by atoms with Gasteiger partial charge in [0.05, 0.1) is 19.3 Å². The first kappa shape index (κ1) is 21.0. The number of aromatic hydroxyl groups is 1. The molecular formula is C23H24N2O5. The van der Waals surface area contributed by atoms with Gasteiger partial charge in [0.2, 0.25) is 5.91 Å². The molecule has 2 N–H and O–H groups in total. The monoisotopic (exact) mass is 408 g/mol. The van der Waals surface area contributed by atoms with Crippen molar-refractivity contribution < 1.29 is 24.5 Å². The number of hydrogen-bond acceptors (Lipinski definition) is 4. The number of phenols is 1. The van der Waals surface area contributed by atoms with Gasteiger partial charge in [-0.3, -0.25) is 4.79 Å². The number of aromatic nitrogens is 1. The maximum absolute atomic E-state index is 12.4. The lowest BCUT2D eigenvalue weighted by Crippen LogP contribution is -2.28. The van der Waals surface area contributed by atoms with E-state index in [9.17, 15) is 14.7 Å². The van der Waals surface area contributed by atoms with E-state index in [2.05, 4.69) is 0 Å². The molecule has 3 aromatic rings. The number of anilines is 1. The second-order valence-corrected chi connectivity index (χ2v) is 7.02. The molecule has 0 saturated carbocycles. The van der Waals surface area contributed by atoms with Crippen LogP contribution >= 0.6 is 0 Å². The van der Waals surface area contributed by atoms with E-state index in [-0.39, 0.29) is 17.2 Å². The van der Waals surface area contributed by atoms with Gasteiger partial charge in [0, 0.05) is 30.1 Å². The van der Waals surface area contributed by atoms with E-state index in [1.165, 1.54) is 19.1 Å². The van der Waals surface area contributed by atoms with Crippen molar-refractivity contribution >= 4 is 17.6 Å². The summed E-state index contributed by atoms with van der Waals surface area (Å²) in [5, 5.41) is 19.2. The lowest BCUT2D eigenvalue weighted by molar-refractivity contribution is -0.116. The number of benzene rings is 2. The van der Waals surface area contributed by atoms with Crippen molar-refractivity contribution in [2.75, 3.05) is 12.0 Å². The lowest BCUT2D eigenvalue weighted by atomic mass is 10.1. The fourth-order valence-electron chi connectivity index (χ4n) is 3.62. The van der Waals surface area contributed by atoms with Crippen LogP contribution < -0.4 is 9.64 Å². The van der Waals surface area contributed by atoms with Gasteiger partial charge in [-0.2, -0.15) is 0 Å². The van der Waals surface area contributed by atoms with E-state index in [1.54, 1.807) is 24.1 Å². The van der Waals surface area contributed by atoms with Crippen molar-refractivity contribution in [3.8, 4) is 17.2 Å². The summed E-state index contributed by atoms with van der Waals surface area (Å²) in [5.74, 6) is -0.994. The minimum absolute atomic E-state index is 0.118. The Balaban J connectivity index is 2.02. The smallest absolute Gasteiger partial charge is 0.339 e. The van der Waals surface area contributed by atoms with Crippen LogP contribution in [0.3, 0.4) is 0 Å². The average Bonchev–Trinajstić information content (AvgIpc) is 2.98. The van der Waals surface area contributed by atoms with Crippen LogP contribution in [0, 0.1) is 13.8 Å². The van der Waals surface area contributed by atoms with Crippen LogP contribution in [0.15, 0.2) is 48.5 Å². The van der Waals surface area contributed by atoms with Crippen molar-refractivity contribution in [1.82, 2.24) is 4.57 Å². The van der Waals surface area contributed by atoms with Gasteiger partial charge in [-0.15, -0.1) is 0 Å². The summed E-state index contributed by atoms with van der Waals surface area (Å²) in [6.07, 6.45) is 0. The molecule has 0 bridgehead atoms. The predicted molar refractivity (Wildman–Crippen MR) is 114 cm³/mol. The van der Waals surface area contributed by atoms with Crippen LogP contribution in [0.4, 0.5) is 5.69 Å². The number of carboxylic acids is 1. The van der Waals surface area contributed by atoms with E-state index in [1.807, 2.05) is 42.7 Å². The standard InChI is InChI=1S/C23H24N2O5/c1-14-11-17(13-24(16(3)26)20-7-5-6-8-22(20)30-4)15(2)25(14)18-9-10-19(23(28)29)21(27)12-18/h5-12,27H,13H2,1-4H3,(H,28,29). The van der Waals surface area contributed by atoms with Crippen molar-refractivity contribution in [3.63, 3.8) is 0 Å². The van der Waals surface area contributed by atoms with Crippen molar-refractivity contribution in [2.45, 2.75) is 27.3 Å². The minimum atomic E-state index is -1.19. The number of ether oxygens (including phenoxy) is 1. The Hall–Kier alpha value is -3.74. The third-order valence-corrected chi connectivity index (χ3v) is 5.09. The molecule has 2 aromatic carbocycles. The molecule has 0 aliphatic carbocycles. The Kier molecular flexibility index (Phi) is 5.82. The number of amides is 1. The Bertz CT molecular complexity index is 1120. The molecule has 7 nitrogen and oxygen atoms in total. The minimum Gasteiger partial charge on any atom is -0.507 e. The van der Waals surface area contributed by atoms with Crippen LogP contribution in [-0.2, 0) is 11.3 Å².